The molecule has 3 N–H and O–H groups in total. The van der Waals surface area contributed by atoms with Gasteiger partial charge in [-0.15, -0.1) is 0 Å². The minimum Gasteiger partial charge on any atom is -0.388 e. The van der Waals surface area contributed by atoms with E-state index in [0.29, 0.717) is 5.56 Å². The van der Waals surface area contributed by atoms with E-state index in [0.717, 1.165) is 0 Å². The van der Waals surface area contributed by atoms with Gasteiger partial charge in [-0.2, -0.15) is 0 Å². The van der Waals surface area contributed by atoms with Gasteiger partial charge in [0.15, 0.2) is 36.5 Å². The first-order valence-corrected chi connectivity index (χ1v) is 12.3. The minimum absolute atomic E-state index is 0.178. The van der Waals surface area contributed by atoms with Gasteiger partial charge < -0.3 is 24.8 Å². The van der Waals surface area contributed by atoms with Gasteiger partial charge in [-0.05, 0) is 17.9 Å². The molecule has 4 atom stereocenters. The Kier molecular flexibility index (Phi) is 6.66. The second-order valence-corrected chi connectivity index (χ2v) is 10.5. The Bertz CT molecular complexity index is 1210. The predicted octanol–water partition coefficient (Wildman–Crippen LogP) is 2.73. The number of ether oxygens (including phenoxy) is 1. The quantitative estimate of drug-likeness (QED) is 0.443. The van der Waals surface area contributed by atoms with E-state index in [1.54, 1.807) is 37.3 Å². The van der Waals surface area contributed by atoms with Crippen LogP contribution in [0.25, 0.3) is 11.2 Å². The van der Waals surface area contributed by atoms with Gasteiger partial charge in [0.1, 0.15) is 19.0 Å². The van der Waals surface area contributed by atoms with Crippen molar-refractivity contribution in [3.8, 4) is 0 Å². The first kappa shape index (κ1) is 23.2. The van der Waals surface area contributed by atoms with Crippen LogP contribution in [-0.2, 0) is 9.30 Å². The number of aromatic nitrogens is 4. The third kappa shape index (κ3) is 4.58. The standard InChI is InChI=1S/C21H23FN5O5P/c1-13-15(7-8-33(31,11-28)12-29)32-21(16(13)22)27-10-25-17-18(23-9-24-19(17)27)26-20(30)14-5-3-2-4-6-14/h2-10,13,15-16,21,28-29H,11-12H2,1H3,(H,23,24,26,30)/b8-7+. The maximum Gasteiger partial charge on any atom is 0.256 e. The fourth-order valence-corrected chi connectivity index (χ4v) is 4.28. The summed E-state index contributed by atoms with van der Waals surface area (Å²) in [7, 11) is -3.30. The number of amides is 1. The number of benzene rings is 1. The Morgan fingerprint density at radius 3 is 2.67 bits per heavy atom. The number of fused-ring (bicyclic) bond motifs is 1. The highest BCUT2D eigenvalue weighted by Gasteiger charge is 2.43. The summed E-state index contributed by atoms with van der Waals surface area (Å²) >= 11 is 0. The highest BCUT2D eigenvalue weighted by atomic mass is 31.2. The highest BCUT2D eigenvalue weighted by molar-refractivity contribution is 7.66. The number of halogens is 1. The lowest BCUT2D eigenvalue weighted by atomic mass is 10.0. The number of aliphatic hydroxyl groups is 2. The predicted molar refractivity (Wildman–Crippen MR) is 119 cm³/mol. The molecule has 12 heteroatoms. The monoisotopic (exact) mass is 475 g/mol. The van der Waals surface area contributed by atoms with Crippen molar-refractivity contribution in [3.63, 3.8) is 0 Å². The average Bonchev–Trinajstić information content (AvgIpc) is 3.40. The van der Waals surface area contributed by atoms with Crippen molar-refractivity contribution < 1.29 is 28.7 Å². The molecule has 4 unspecified atom stereocenters. The van der Waals surface area contributed by atoms with Crippen LogP contribution in [0.15, 0.2) is 54.9 Å². The molecule has 1 saturated heterocycles. The number of alkyl halides is 1. The van der Waals surface area contributed by atoms with E-state index in [2.05, 4.69) is 20.3 Å². The summed E-state index contributed by atoms with van der Waals surface area (Å²) in [4.78, 5) is 25.0. The zero-order valence-corrected chi connectivity index (χ0v) is 18.5. The van der Waals surface area contributed by atoms with E-state index >= 15 is 4.39 Å². The van der Waals surface area contributed by atoms with Gasteiger partial charge in [-0.3, -0.25) is 9.36 Å². The van der Waals surface area contributed by atoms with Crippen molar-refractivity contribution in [2.45, 2.75) is 25.4 Å². The molecule has 1 aliphatic heterocycles. The van der Waals surface area contributed by atoms with Gasteiger partial charge >= 0.3 is 0 Å². The Balaban J connectivity index is 1.59. The molecule has 0 aliphatic carbocycles. The average molecular weight is 475 g/mol. The summed E-state index contributed by atoms with van der Waals surface area (Å²) in [6.07, 6.45) is -0.638. The van der Waals surface area contributed by atoms with E-state index in [4.69, 9.17) is 4.74 Å². The molecule has 0 saturated carbocycles. The second-order valence-electron chi connectivity index (χ2n) is 7.74. The van der Waals surface area contributed by atoms with Crippen LogP contribution in [0.2, 0.25) is 0 Å². The first-order valence-electron chi connectivity index (χ1n) is 10.2. The van der Waals surface area contributed by atoms with Gasteiger partial charge in [0.05, 0.1) is 12.4 Å². The largest absolute Gasteiger partial charge is 0.388 e. The number of nitrogens with zero attached hydrogens (tertiary/aromatic N) is 4. The van der Waals surface area contributed by atoms with E-state index in [9.17, 15) is 19.6 Å². The Hall–Kier alpha value is -2.98. The van der Waals surface area contributed by atoms with Crippen LogP contribution in [0.4, 0.5) is 10.2 Å². The molecule has 0 radical (unpaired) electrons. The number of aliphatic hydroxyl groups excluding tert-OH is 2. The number of hydrogen-bond donors (Lipinski definition) is 3. The van der Waals surface area contributed by atoms with Gasteiger partial charge in [0.25, 0.3) is 5.91 Å². The van der Waals surface area contributed by atoms with Crippen LogP contribution in [0.1, 0.15) is 23.5 Å². The summed E-state index contributed by atoms with van der Waals surface area (Å²) in [5.74, 6) is 0.405. The van der Waals surface area contributed by atoms with Gasteiger partial charge in [0.2, 0.25) is 0 Å². The van der Waals surface area contributed by atoms with E-state index in [1.165, 1.54) is 29.1 Å². The van der Waals surface area contributed by atoms with Gasteiger partial charge in [0, 0.05) is 11.5 Å². The normalized spacial score (nSPS) is 23.4. The molecule has 1 fully saturated rings. The van der Waals surface area contributed by atoms with E-state index in [1.807, 2.05) is 0 Å². The molecule has 4 rings (SSSR count). The smallest absolute Gasteiger partial charge is 0.256 e. The molecule has 0 spiro atoms. The van der Waals surface area contributed by atoms with Crippen LogP contribution in [0.3, 0.4) is 0 Å². The van der Waals surface area contributed by atoms with Crippen molar-refractivity contribution in [1.82, 2.24) is 19.5 Å². The molecule has 2 aromatic heterocycles. The number of carbonyl (C=O) groups excluding carboxylic acids is 1. The number of nitrogens with one attached hydrogen (secondary N) is 1. The lowest BCUT2D eigenvalue weighted by Crippen LogP contribution is -2.19. The minimum atomic E-state index is -3.30. The fraction of sp³-hybridized carbons (Fsp3) is 0.333. The summed E-state index contributed by atoms with van der Waals surface area (Å²) < 4.78 is 34.6. The van der Waals surface area contributed by atoms with Crippen LogP contribution >= 0.6 is 7.14 Å². The van der Waals surface area contributed by atoms with Crippen molar-refractivity contribution in [2.24, 2.45) is 5.92 Å². The first-order chi connectivity index (χ1) is 15.9. The molecule has 1 amide bonds. The van der Waals surface area contributed by atoms with Crippen molar-refractivity contribution >= 4 is 30.0 Å². The van der Waals surface area contributed by atoms with Crippen molar-refractivity contribution in [1.29, 1.82) is 0 Å². The number of rotatable bonds is 7. The zero-order chi connectivity index (χ0) is 23.6. The van der Waals surface area contributed by atoms with E-state index in [-0.39, 0.29) is 22.9 Å². The lowest BCUT2D eigenvalue weighted by molar-refractivity contribution is -0.0000605. The van der Waals surface area contributed by atoms with Crippen LogP contribution in [0.5, 0.6) is 0 Å². The molecule has 3 heterocycles. The summed E-state index contributed by atoms with van der Waals surface area (Å²) in [5.41, 5.74) is 0.988. The molecule has 1 aromatic carbocycles. The third-order valence-corrected chi connectivity index (χ3v) is 7.19. The third-order valence-electron chi connectivity index (χ3n) is 5.52. The molecule has 33 heavy (non-hydrogen) atoms. The van der Waals surface area contributed by atoms with Crippen molar-refractivity contribution in [2.75, 3.05) is 18.0 Å². The molecule has 10 nitrogen and oxygen atoms in total. The summed E-state index contributed by atoms with van der Waals surface area (Å²) in [6.45, 7) is 1.64. The second kappa shape index (κ2) is 9.48. The summed E-state index contributed by atoms with van der Waals surface area (Å²) in [5, 5.41) is 21.1. The number of carbonyl (C=O) groups is 1. The maximum atomic E-state index is 15.2. The molecule has 174 valence electrons. The van der Waals surface area contributed by atoms with Crippen LogP contribution in [-0.4, -0.2) is 60.6 Å². The number of anilines is 1. The SMILES string of the molecule is CC1C(/C=C/P(=O)(CO)CO)OC(n2cnc3c(NC(=O)c4ccccc4)ncnc32)C1F. The van der Waals surface area contributed by atoms with E-state index < -0.39 is 44.3 Å². The molecule has 3 aromatic rings. The fourth-order valence-electron chi connectivity index (χ4n) is 3.52. The van der Waals surface area contributed by atoms with Crippen LogP contribution < -0.4 is 5.32 Å². The van der Waals surface area contributed by atoms with Gasteiger partial charge in [-0.25, -0.2) is 19.3 Å². The highest BCUT2D eigenvalue weighted by Crippen LogP contribution is 2.46. The lowest BCUT2D eigenvalue weighted by Gasteiger charge is -2.15. The Morgan fingerprint density at radius 2 is 1.97 bits per heavy atom. The molecule has 0 bridgehead atoms. The molecular formula is C21H23FN5O5P. The molecular weight excluding hydrogens is 452 g/mol. The Labute approximate surface area is 188 Å². The maximum absolute atomic E-state index is 15.2. The van der Waals surface area contributed by atoms with Crippen molar-refractivity contribution in [3.05, 3.63) is 60.4 Å². The summed E-state index contributed by atoms with van der Waals surface area (Å²) in [6, 6.07) is 8.60. The molecule has 1 aliphatic rings. The topological polar surface area (TPSA) is 139 Å². The number of imidazole rings is 1. The Morgan fingerprint density at radius 1 is 1.24 bits per heavy atom. The zero-order valence-electron chi connectivity index (χ0n) is 17.7. The van der Waals surface area contributed by atoms with Crippen LogP contribution in [0, 0.1) is 5.92 Å². The number of hydrogen-bond acceptors (Lipinski definition) is 8. The van der Waals surface area contributed by atoms with Gasteiger partial charge in [-0.1, -0.05) is 31.2 Å².